The van der Waals surface area contributed by atoms with Gasteiger partial charge >= 0.3 is 5.97 Å². The molecule has 0 saturated heterocycles. The van der Waals surface area contributed by atoms with Crippen LogP contribution in [0.3, 0.4) is 0 Å². The standard InChI is InChI=1S/C16H15NO5S/c1-11-6-8-12(9-7-11)23(20,21)17-10-15(16(18)19)22-14-5-3-2-4-13(14)17/h2-9,15H,10H2,1H3,(H,18,19)/t15-/m0/s1. The van der Waals surface area contributed by atoms with E-state index in [0.29, 0.717) is 5.69 Å². The van der Waals surface area contributed by atoms with Gasteiger partial charge in [0.2, 0.25) is 6.10 Å². The first-order chi connectivity index (χ1) is 10.9. The number of fused-ring (bicyclic) bond motifs is 1. The summed E-state index contributed by atoms with van der Waals surface area (Å²) in [5, 5.41) is 9.21. The molecule has 6 nitrogen and oxygen atoms in total. The van der Waals surface area contributed by atoms with E-state index < -0.39 is 22.1 Å². The summed E-state index contributed by atoms with van der Waals surface area (Å²) in [5.74, 6) is -0.967. The topological polar surface area (TPSA) is 83.9 Å². The summed E-state index contributed by atoms with van der Waals surface area (Å²) in [7, 11) is -3.87. The molecule has 0 aromatic heterocycles. The number of anilines is 1. The molecule has 0 radical (unpaired) electrons. The first-order valence-corrected chi connectivity index (χ1v) is 8.41. The van der Waals surface area contributed by atoms with Crippen LogP contribution in [0.4, 0.5) is 5.69 Å². The second-order valence-corrected chi connectivity index (χ2v) is 7.12. The molecule has 2 aromatic carbocycles. The minimum atomic E-state index is -3.87. The molecule has 1 heterocycles. The van der Waals surface area contributed by atoms with Gasteiger partial charge in [-0.05, 0) is 31.2 Å². The summed E-state index contributed by atoms with van der Waals surface area (Å²) in [4.78, 5) is 11.4. The average Bonchev–Trinajstić information content (AvgIpc) is 2.54. The molecule has 3 rings (SSSR count). The van der Waals surface area contributed by atoms with Gasteiger partial charge in [-0.1, -0.05) is 29.8 Å². The molecule has 1 aliphatic rings. The number of hydrogen-bond donors (Lipinski definition) is 1. The number of para-hydroxylation sites is 2. The Morgan fingerprint density at radius 2 is 1.83 bits per heavy atom. The lowest BCUT2D eigenvalue weighted by molar-refractivity contribution is -0.144. The molecule has 0 saturated carbocycles. The van der Waals surface area contributed by atoms with Crippen LogP contribution in [0.25, 0.3) is 0 Å². The van der Waals surface area contributed by atoms with E-state index in [0.717, 1.165) is 9.87 Å². The number of carbonyl (C=O) groups is 1. The number of carboxylic acid groups (broad SMARTS) is 1. The molecular formula is C16H15NO5S. The molecule has 1 atom stereocenters. The SMILES string of the molecule is Cc1ccc(S(=O)(=O)N2C[C@@H](C(=O)O)Oc3ccccc32)cc1. The van der Waals surface area contributed by atoms with Gasteiger partial charge in [0.15, 0.2) is 0 Å². The van der Waals surface area contributed by atoms with Crippen molar-refractivity contribution >= 4 is 21.7 Å². The Morgan fingerprint density at radius 1 is 1.17 bits per heavy atom. The number of carboxylic acids is 1. The fourth-order valence-electron chi connectivity index (χ4n) is 2.40. The van der Waals surface area contributed by atoms with Crippen molar-refractivity contribution in [2.24, 2.45) is 0 Å². The third-order valence-electron chi connectivity index (χ3n) is 3.62. The number of hydrogen-bond acceptors (Lipinski definition) is 4. The summed E-state index contributed by atoms with van der Waals surface area (Å²) in [6.45, 7) is 1.59. The monoisotopic (exact) mass is 333 g/mol. The summed E-state index contributed by atoms with van der Waals surface area (Å²) in [6, 6.07) is 12.9. The van der Waals surface area contributed by atoms with Gasteiger partial charge < -0.3 is 9.84 Å². The van der Waals surface area contributed by atoms with Crippen LogP contribution < -0.4 is 9.04 Å². The van der Waals surface area contributed by atoms with E-state index in [1.54, 1.807) is 36.4 Å². The normalized spacial score (nSPS) is 17.3. The number of benzene rings is 2. The van der Waals surface area contributed by atoms with E-state index in [2.05, 4.69) is 0 Å². The van der Waals surface area contributed by atoms with E-state index in [4.69, 9.17) is 4.74 Å². The van der Waals surface area contributed by atoms with Crippen LogP contribution >= 0.6 is 0 Å². The molecule has 1 N–H and O–H groups in total. The highest BCUT2D eigenvalue weighted by atomic mass is 32.2. The zero-order valence-electron chi connectivity index (χ0n) is 12.3. The molecule has 0 aliphatic carbocycles. The van der Waals surface area contributed by atoms with Crippen molar-refractivity contribution < 1.29 is 23.1 Å². The minimum absolute atomic E-state index is 0.115. The summed E-state index contributed by atoms with van der Waals surface area (Å²) >= 11 is 0. The van der Waals surface area contributed by atoms with Crippen molar-refractivity contribution in [3.63, 3.8) is 0 Å². The lowest BCUT2D eigenvalue weighted by atomic mass is 10.2. The fraction of sp³-hybridized carbons (Fsp3) is 0.188. The van der Waals surface area contributed by atoms with Crippen LogP contribution in [0.2, 0.25) is 0 Å². The third-order valence-corrected chi connectivity index (χ3v) is 5.41. The molecule has 0 fully saturated rings. The Kier molecular flexibility index (Phi) is 3.73. The number of aliphatic carboxylic acids is 1. The van der Waals surface area contributed by atoms with Crippen molar-refractivity contribution in [2.45, 2.75) is 17.9 Å². The maximum absolute atomic E-state index is 12.9. The lowest BCUT2D eigenvalue weighted by Gasteiger charge is -2.33. The zero-order valence-corrected chi connectivity index (χ0v) is 13.2. The Bertz CT molecular complexity index is 845. The average molecular weight is 333 g/mol. The van der Waals surface area contributed by atoms with Crippen molar-refractivity contribution in [2.75, 3.05) is 10.8 Å². The van der Waals surface area contributed by atoms with Crippen LogP contribution in [0.1, 0.15) is 5.56 Å². The highest BCUT2D eigenvalue weighted by Gasteiger charge is 2.37. The van der Waals surface area contributed by atoms with E-state index in [9.17, 15) is 18.3 Å². The minimum Gasteiger partial charge on any atom is -0.478 e. The summed E-state index contributed by atoms with van der Waals surface area (Å²) < 4.78 is 32.3. The molecule has 7 heteroatoms. The largest absolute Gasteiger partial charge is 0.478 e. The molecule has 0 bridgehead atoms. The predicted octanol–water partition coefficient (Wildman–Crippen LogP) is 2.04. The van der Waals surface area contributed by atoms with Crippen molar-refractivity contribution in [1.82, 2.24) is 0 Å². The van der Waals surface area contributed by atoms with Gasteiger partial charge in [0, 0.05) is 0 Å². The van der Waals surface area contributed by atoms with E-state index in [1.165, 1.54) is 12.1 Å². The van der Waals surface area contributed by atoms with Gasteiger partial charge in [-0.15, -0.1) is 0 Å². The Balaban J connectivity index is 2.10. The molecule has 1 aliphatic heterocycles. The number of aryl methyl sites for hydroxylation is 1. The molecule has 2 aromatic rings. The smallest absolute Gasteiger partial charge is 0.346 e. The van der Waals surface area contributed by atoms with Crippen molar-refractivity contribution in [3.05, 3.63) is 54.1 Å². The quantitative estimate of drug-likeness (QED) is 0.929. The highest BCUT2D eigenvalue weighted by Crippen LogP contribution is 2.36. The molecular weight excluding hydrogens is 318 g/mol. The van der Waals surface area contributed by atoms with Crippen molar-refractivity contribution in [1.29, 1.82) is 0 Å². The Morgan fingerprint density at radius 3 is 2.48 bits per heavy atom. The second kappa shape index (κ2) is 5.58. The highest BCUT2D eigenvalue weighted by molar-refractivity contribution is 7.92. The van der Waals surface area contributed by atoms with Crippen LogP contribution in [0.15, 0.2) is 53.4 Å². The van der Waals surface area contributed by atoms with Crippen LogP contribution in [-0.2, 0) is 14.8 Å². The van der Waals surface area contributed by atoms with Gasteiger partial charge in [-0.3, -0.25) is 4.31 Å². The van der Waals surface area contributed by atoms with Crippen LogP contribution in [0.5, 0.6) is 5.75 Å². The van der Waals surface area contributed by atoms with Crippen LogP contribution in [0, 0.1) is 6.92 Å². The van der Waals surface area contributed by atoms with Gasteiger partial charge in [0.05, 0.1) is 17.1 Å². The summed E-state index contributed by atoms with van der Waals surface area (Å²) in [5.41, 5.74) is 1.28. The first kappa shape index (κ1) is 15.4. The third kappa shape index (κ3) is 2.75. The molecule has 120 valence electrons. The Hall–Kier alpha value is -2.54. The number of rotatable bonds is 3. The van der Waals surface area contributed by atoms with Gasteiger partial charge in [-0.2, -0.15) is 0 Å². The molecule has 0 spiro atoms. The van der Waals surface area contributed by atoms with Gasteiger partial charge in [0.1, 0.15) is 5.75 Å². The second-order valence-electron chi connectivity index (χ2n) is 5.26. The number of ether oxygens (including phenoxy) is 1. The van der Waals surface area contributed by atoms with E-state index in [-0.39, 0.29) is 17.2 Å². The predicted molar refractivity (Wildman–Crippen MR) is 84.2 cm³/mol. The van der Waals surface area contributed by atoms with Gasteiger partial charge in [0.25, 0.3) is 10.0 Å². The lowest BCUT2D eigenvalue weighted by Crippen LogP contribution is -2.47. The molecule has 0 unspecified atom stereocenters. The fourth-order valence-corrected chi connectivity index (χ4v) is 3.87. The number of nitrogens with zero attached hydrogens (tertiary/aromatic N) is 1. The first-order valence-electron chi connectivity index (χ1n) is 6.97. The van der Waals surface area contributed by atoms with E-state index >= 15 is 0 Å². The van der Waals surface area contributed by atoms with E-state index in [1.807, 2.05) is 6.92 Å². The Labute approximate surface area is 134 Å². The van der Waals surface area contributed by atoms with Crippen molar-refractivity contribution in [3.8, 4) is 5.75 Å². The maximum atomic E-state index is 12.9. The van der Waals surface area contributed by atoms with Crippen LogP contribution in [-0.4, -0.2) is 32.1 Å². The van der Waals surface area contributed by atoms with Gasteiger partial charge in [-0.25, -0.2) is 13.2 Å². The summed E-state index contributed by atoms with van der Waals surface area (Å²) in [6.07, 6.45) is -1.25. The molecule has 23 heavy (non-hydrogen) atoms. The molecule has 0 amide bonds. The maximum Gasteiger partial charge on any atom is 0.346 e. The number of sulfonamides is 1. The zero-order chi connectivity index (χ0) is 16.6.